The number of aromatic nitrogens is 1. The fourth-order valence-electron chi connectivity index (χ4n) is 4.77. The summed E-state index contributed by atoms with van der Waals surface area (Å²) in [7, 11) is 0. The van der Waals surface area contributed by atoms with E-state index >= 15 is 0 Å². The van der Waals surface area contributed by atoms with Gasteiger partial charge in [0.2, 0.25) is 0 Å². The second kappa shape index (κ2) is 8.39. The lowest BCUT2D eigenvalue weighted by molar-refractivity contribution is 0.282. The number of nitrogens with zero attached hydrogens (tertiary/aromatic N) is 1. The highest BCUT2D eigenvalue weighted by Crippen LogP contribution is 2.36. The Balaban J connectivity index is 1.16. The monoisotopic (exact) mass is 404 g/mol. The van der Waals surface area contributed by atoms with E-state index in [1.165, 1.54) is 42.3 Å². The van der Waals surface area contributed by atoms with E-state index in [2.05, 4.69) is 52.5 Å². The number of aliphatic hydroxyl groups excluding tert-OH is 1. The molecule has 0 atom stereocenters. The van der Waals surface area contributed by atoms with Crippen molar-refractivity contribution in [2.45, 2.75) is 31.6 Å². The Morgan fingerprint density at radius 3 is 2.93 bits per heavy atom. The molecule has 0 radical (unpaired) electrons. The molecule has 3 aromatic rings. The van der Waals surface area contributed by atoms with Gasteiger partial charge in [-0.2, -0.15) is 11.8 Å². The average Bonchev–Trinajstić information content (AvgIpc) is 3.18. The summed E-state index contributed by atoms with van der Waals surface area (Å²) in [6, 6.07) is 15.1. The van der Waals surface area contributed by atoms with Crippen LogP contribution >= 0.6 is 11.8 Å². The fraction of sp³-hybridized carbons (Fsp3) is 0.360. The van der Waals surface area contributed by atoms with Gasteiger partial charge in [-0.1, -0.05) is 35.9 Å². The molecular formula is C25H28N2OS. The SMILES string of the molecule is OCc1ccc2[nH]cc(CSCCN3CCC4=C(CCc5ccccc54)C3)c2c1. The van der Waals surface area contributed by atoms with Gasteiger partial charge < -0.3 is 10.1 Å². The number of hydrogen-bond acceptors (Lipinski definition) is 3. The van der Waals surface area contributed by atoms with Crippen LogP contribution in [0.15, 0.2) is 54.2 Å². The van der Waals surface area contributed by atoms with Gasteiger partial charge in [0.05, 0.1) is 6.61 Å². The first-order valence-corrected chi connectivity index (χ1v) is 11.8. The second-order valence-electron chi connectivity index (χ2n) is 8.17. The average molecular weight is 405 g/mol. The summed E-state index contributed by atoms with van der Waals surface area (Å²) in [4.78, 5) is 6.00. The van der Waals surface area contributed by atoms with Crippen molar-refractivity contribution >= 4 is 28.2 Å². The van der Waals surface area contributed by atoms with E-state index in [-0.39, 0.29) is 6.61 Å². The Labute approximate surface area is 176 Å². The number of benzene rings is 2. The van der Waals surface area contributed by atoms with Crippen LogP contribution in [0, 0.1) is 0 Å². The lowest BCUT2D eigenvalue weighted by Crippen LogP contribution is -2.34. The Kier molecular flexibility index (Phi) is 5.49. The van der Waals surface area contributed by atoms with Crippen LogP contribution in [-0.2, 0) is 18.8 Å². The van der Waals surface area contributed by atoms with Gasteiger partial charge in [-0.15, -0.1) is 0 Å². The molecule has 1 aromatic heterocycles. The predicted molar refractivity (Wildman–Crippen MR) is 123 cm³/mol. The van der Waals surface area contributed by atoms with Gasteiger partial charge in [-0.25, -0.2) is 0 Å². The molecule has 150 valence electrons. The molecule has 0 saturated heterocycles. The van der Waals surface area contributed by atoms with Crippen LogP contribution in [0.3, 0.4) is 0 Å². The predicted octanol–water partition coefficient (Wildman–Crippen LogP) is 5.00. The molecule has 0 unspecified atom stereocenters. The summed E-state index contributed by atoms with van der Waals surface area (Å²) >= 11 is 2.01. The second-order valence-corrected chi connectivity index (χ2v) is 9.28. The molecule has 5 rings (SSSR count). The van der Waals surface area contributed by atoms with E-state index in [9.17, 15) is 5.11 Å². The van der Waals surface area contributed by atoms with Gasteiger partial charge in [-0.3, -0.25) is 4.90 Å². The summed E-state index contributed by atoms with van der Waals surface area (Å²) in [6.45, 7) is 3.59. The van der Waals surface area contributed by atoms with E-state index < -0.39 is 0 Å². The molecule has 2 heterocycles. The highest BCUT2D eigenvalue weighted by Gasteiger charge is 2.24. The smallest absolute Gasteiger partial charge is 0.0682 e. The first-order chi connectivity index (χ1) is 14.3. The number of hydrogen-bond donors (Lipinski definition) is 2. The molecule has 0 spiro atoms. The summed E-state index contributed by atoms with van der Waals surface area (Å²) in [6.07, 6.45) is 5.76. The number of aryl methyl sites for hydroxylation is 1. The summed E-state index contributed by atoms with van der Waals surface area (Å²) in [5.41, 5.74) is 9.85. The van der Waals surface area contributed by atoms with Crippen molar-refractivity contribution in [1.82, 2.24) is 9.88 Å². The number of H-pyrrole nitrogens is 1. The Morgan fingerprint density at radius 1 is 1.07 bits per heavy atom. The fourth-order valence-corrected chi connectivity index (χ4v) is 5.76. The van der Waals surface area contributed by atoms with Crippen molar-refractivity contribution in [2.24, 2.45) is 0 Å². The van der Waals surface area contributed by atoms with Gasteiger partial charge in [0, 0.05) is 48.2 Å². The normalized spacial score (nSPS) is 16.9. The van der Waals surface area contributed by atoms with Crippen molar-refractivity contribution < 1.29 is 5.11 Å². The van der Waals surface area contributed by atoms with Crippen LogP contribution in [0.25, 0.3) is 16.5 Å². The van der Waals surface area contributed by atoms with E-state index in [1.54, 1.807) is 16.7 Å². The topological polar surface area (TPSA) is 39.3 Å². The number of nitrogens with one attached hydrogen (secondary N) is 1. The molecule has 2 N–H and O–H groups in total. The Morgan fingerprint density at radius 2 is 2.00 bits per heavy atom. The number of thioether (sulfide) groups is 1. The minimum Gasteiger partial charge on any atom is -0.392 e. The van der Waals surface area contributed by atoms with Crippen LogP contribution in [0.1, 0.15) is 35.1 Å². The maximum Gasteiger partial charge on any atom is 0.0682 e. The molecular weight excluding hydrogens is 376 g/mol. The van der Waals surface area contributed by atoms with Crippen molar-refractivity contribution in [2.75, 3.05) is 25.4 Å². The van der Waals surface area contributed by atoms with Crippen molar-refractivity contribution in [3.63, 3.8) is 0 Å². The number of fused-ring (bicyclic) bond motifs is 3. The van der Waals surface area contributed by atoms with Gasteiger partial charge in [0.25, 0.3) is 0 Å². The van der Waals surface area contributed by atoms with Crippen LogP contribution in [0.2, 0.25) is 0 Å². The Hall–Kier alpha value is -2.01. The first kappa shape index (κ1) is 19.0. The van der Waals surface area contributed by atoms with E-state index in [4.69, 9.17) is 0 Å². The molecule has 2 aliphatic rings. The molecule has 0 amide bonds. The largest absolute Gasteiger partial charge is 0.392 e. The summed E-state index contributed by atoms with van der Waals surface area (Å²) in [5, 5.41) is 10.6. The maximum atomic E-state index is 9.40. The third-order valence-electron chi connectivity index (χ3n) is 6.38. The van der Waals surface area contributed by atoms with Crippen LogP contribution in [0.5, 0.6) is 0 Å². The quantitative estimate of drug-likeness (QED) is 0.568. The van der Waals surface area contributed by atoms with E-state index in [0.29, 0.717) is 0 Å². The molecule has 1 aliphatic carbocycles. The first-order valence-electron chi connectivity index (χ1n) is 10.6. The maximum absolute atomic E-state index is 9.40. The lowest BCUT2D eigenvalue weighted by atomic mass is 9.82. The molecule has 1 aliphatic heterocycles. The van der Waals surface area contributed by atoms with E-state index in [0.717, 1.165) is 35.7 Å². The van der Waals surface area contributed by atoms with Crippen LogP contribution in [-0.4, -0.2) is 40.4 Å². The van der Waals surface area contributed by atoms with Gasteiger partial charge >= 0.3 is 0 Å². The van der Waals surface area contributed by atoms with Gasteiger partial charge in [0.1, 0.15) is 0 Å². The minimum absolute atomic E-state index is 0.102. The third-order valence-corrected chi connectivity index (χ3v) is 7.37. The number of aromatic amines is 1. The van der Waals surface area contributed by atoms with Gasteiger partial charge in [-0.05, 0) is 59.2 Å². The number of aliphatic hydroxyl groups is 1. The zero-order valence-corrected chi connectivity index (χ0v) is 17.6. The molecule has 0 saturated carbocycles. The highest BCUT2D eigenvalue weighted by molar-refractivity contribution is 7.98. The molecule has 2 aromatic carbocycles. The lowest BCUT2D eigenvalue weighted by Gasteiger charge is -2.34. The van der Waals surface area contributed by atoms with Crippen molar-refractivity contribution in [3.05, 3.63) is 76.5 Å². The van der Waals surface area contributed by atoms with Crippen LogP contribution < -0.4 is 0 Å². The molecule has 4 heteroatoms. The van der Waals surface area contributed by atoms with Gasteiger partial charge in [0.15, 0.2) is 0 Å². The molecule has 29 heavy (non-hydrogen) atoms. The summed E-state index contributed by atoms with van der Waals surface area (Å²) < 4.78 is 0. The zero-order chi connectivity index (χ0) is 19.6. The van der Waals surface area contributed by atoms with Crippen molar-refractivity contribution in [1.29, 1.82) is 0 Å². The summed E-state index contributed by atoms with van der Waals surface area (Å²) in [5.74, 6) is 2.18. The molecule has 0 fully saturated rings. The zero-order valence-electron chi connectivity index (χ0n) is 16.8. The van der Waals surface area contributed by atoms with Crippen LogP contribution in [0.4, 0.5) is 0 Å². The third kappa shape index (κ3) is 3.89. The molecule has 3 nitrogen and oxygen atoms in total. The minimum atomic E-state index is 0.102. The van der Waals surface area contributed by atoms with Crippen molar-refractivity contribution in [3.8, 4) is 0 Å². The molecule has 0 bridgehead atoms. The highest BCUT2D eigenvalue weighted by atomic mass is 32.2. The number of rotatable bonds is 6. The standard InChI is InChI=1S/C25H28N2OS/c28-16-18-5-8-25-24(13-18)21(14-26-25)17-29-12-11-27-10-9-23-20(15-27)7-6-19-3-1-2-4-22(19)23/h1-5,8,13-14,26,28H,6-7,9-12,15-17H2. The van der Waals surface area contributed by atoms with E-state index in [1.807, 2.05) is 17.8 Å². The Bertz CT molecular complexity index is 1050.